The summed E-state index contributed by atoms with van der Waals surface area (Å²) < 4.78 is 0. The van der Waals surface area contributed by atoms with Crippen molar-refractivity contribution in [1.29, 1.82) is 0 Å². The first-order valence-electron chi connectivity index (χ1n) is 8.04. The molecule has 1 nitrogen and oxygen atoms in total. The summed E-state index contributed by atoms with van der Waals surface area (Å²) in [6, 6.07) is 11.0. The van der Waals surface area contributed by atoms with Crippen molar-refractivity contribution in [1.82, 2.24) is 5.32 Å². The van der Waals surface area contributed by atoms with Crippen LogP contribution in [0.4, 0.5) is 0 Å². The Morgan fingerprint density at radius 2 is 1.70 bits per heavy atom. The molecule has 1 aliphatic rings. The lowest BCUT2D eigenvalue weighted by atomic mass is 9.73. The molecule has 3 atom stereocenters. The Balaban J connectivity index is 2.07. The van der Waals surface area contributed by atoms with Crippen LogP contribution in [0.15, 0.2) is 30.3 Å². The molecule has 1 fully saturated rings. The number of benzene rings is 1. The molecule has 112 valence electrons. The van der Waals surface area contributed by atoms with Gasteiger partial charge in [0.15, 0.2) is 0 Å². The molecule has 0 bridgehead atoms. The molecular formula is C19H31N. The Hall–Kier alpha value is -0.820. The number of rotatable bonds is 5. The third-order valence-electron chi connectivity index (χ3n) is 5.18. The highest BCUT2D eigenvalue weighted by Crippen LogP contribution is 2.59. The van der Waals surface area contributed by atoms with Gasteiger partial charge in [-0.25, -0.2) is 0 Å². The van der Waals surface area contributed by atoms with E-state index in [9.17, 15) is 0 Å². The summed E-state index contributed by atoms with van der Waals surface area (Å²) in [4.78, 5) is 0. The topological polar surface area (TPSA) is 12.0 Å². The molecule has 3 unspecified atom stereocenters. The summed E-state index contributed by atoms with van der Waals surface area (Å²) in [5.74, 6) is 2.29. The van der Waals surface area contributed by atoms with Gasteiger partial charge in [0.2, 0.25) is 0 Å². The minimum Gasteiger partial charge on any atom is -0.312 e. The van der Waals surface area contributed by atoms with Crippen LogP contribution in [0.25, 0.3) is 0 Å². The molecule has 0 amide bonds. The van der Waals surface area contributed by atoms with Crippen LogP contribution in [0, 0.1) is 17.3 Å². The number of nitrogens with one attached hydrogen (secondary N) is 1. The Kier molecular flexibility index (Phi) is 4.30. The van der Waals surface area contributed by atoms with Crippen LogP contribution < -0.4 is 5.32 Å². The van der Waals surface area contributed by atoms with Crippen LogP contribution in [0.2, 0.25) is 0 Å². The second-order valence-corrected chi connectivity index (χ2v) is 8.12. The first-order chi connectivity index (χ1) is 9.24. The fourth-order valence-electron chi connectivity index (χ4n) is 3.21. The van der Waals surface area contributed by atoms with Crippen LogP contribution in [0.5, 0.6) is 0 Å². The monoisotopic (exact) mass is 273 g/mol. The third-order valence-corrected chi connectivity index (χ3v) is 5.18. The Morgan fingerprint density at radius 1 is 1.10 bits per heavy atom. The largest absolute Gasteiger partial charge is 0.312 e. The SMILES string of the molecule is CC(C)C(C)(CNC(C)(C)C)C1CC1c1ccccc1. The maximum absolute atomic E-state index is 3.74. The van der Waals surface area contributed by atoms with Gasteiger partial charge in [-0.2, -0.15) is 0 Å². The van der Waals surface area contributed by atoms with Crippen molar-refractivity contribution in [3.05, 3.63) is 35.9 Å². The van der Waals surface area contributed by atoms with Crippen molar-refractivity contribution >= 4 is 0 Å². The normalized spacial score (nSPS) is 25.6. The van der Waals surface area contributed by atoms with E-state index in [0.717, 1.165) is 18.4 Å². The van der Waals surface area contributed by atoms with E-state index in [2.05, 4.69) is 77.2 Å². The van der Waals surface area contributed by atoms with Crippen molar-refractivity contribution in [3.8, 4) is 0 Å². The zero-order valence-corrected chi connectivity index (χ0v) is 14.0. The quantitative estimate of drug-likeness (QED) is 0.809. The lowest BCUT2D eigenvalue weighted by molar-refractivity contribution is 0.153. The maximum Gasteiger partial charge on any atom is 0.00967 e. The summed E-state index contributed by atoms with van der Waals surface area (Å²) in [5.41, 5.74) is 2.11. The first-order valence-corrected chi connectivity index (χ1v) is 8.04. The average molecular weight is 273 g/mol. The van der Waals surface area contributed by atoms with Crippen molar-refractivity contribution in [3.63, 3.8) is 0 Å². The van der Waals surface area contributed by atoms with E-state index in [-0.39, 0.29) is 5.54 Å². The highest BCUT2D eigenvalue weighted by Gasteiger charge is 2.51. The summed E-state index contributed by atoms with van der Waals surface area (Å²) in [5, 5.41) is 3.74. The fraction of sp³-hybridized carbons (Fsp3) is 0.684. The van der Waals surface area contributed by atoms with E-state index in [1.54, 1.807) is 0 Å². The summed E-state index contributed by atoms with van der Waals surface area (Å²) in [6.45, 7) is 15.1. The van der Waals surface area contributed by atoms with Crippen LogP contribution >= 0.6 is 0 Å². The minimum absolute atomic E-state index is 0.202. The zero-order valence-electron chi connectivity index (χ0n) is 14.0. The second kappa shape index (κ2) is 5.52. The van der Waals surface area contributed by atoms with Gasteiger partial charge >= 0.3 is 0 Å². The summed E-state index contributed by atoms with van der Waals surface area (Å²) >= 11 is 0. The lowest BCUT2D eigenvalue weighted by Crippen LogP contribution is -2.46. The Labute approximate surface area is 125 Å². The molecular weight excluding hydrogens is 242 g/mol. The second-order valence-electron chi connectivity index (χ2n) is 8.12. The van der Waals surface area contributed by atoms with Gasteiger partial charge in [0.25, 0.3) is 0 Å². The van der Waals surface area contributed by atoms with Crippen LogP contribution in [0.1, 0.15) is 59.4 Å². The van der Waals surface area contributed by atoms with Crippen LogP contribution in [-0.2, 0) is 0 Å². The molecule has 2 rings (SSSR count). The van der Waals surface area contributed by atoms with E-state index in [1.807, 2.05) is 0 Å². The molecule has 1 aromatic rings. The molecule has 1 aromatic carbocycles. The minimum atomic E-state index is 0.202. The lowest BCUT2D eigenvalue weighted by Gasteiger charge is -2.38. The number of hydrogen-bond acceptors (Lipinski definition) is 1. The van der Waals surface area contributed by atoms with Gasteiger partial charge in [-0.1, -0.05) is 51.1 Å². The molecule has 0 heterocycles. The van der Waals surface area contributed by atoms with Gasteiger partial charge in [-0.05, 0) is 55.9 Å². The Morgan fingerprint density at radius 3 is 2.20 bits per heavy atom. The maximum atomic E-state index is 3.74. The van der Waals surface area contributed by atoms with Gasteiger partial charge in [-0.15, -0.1) is 0 Å². The van der Waals surface area contributed by atoms with Gasteiger partial charge in [0, 0.05) is 12.1 Å². The highest BCUT2D eigenvalue weighted by molar-refractivity contribution is 5.27. The molecule has 1 saturated carbocycles. The fourth-order valence-corrected chi connectivity index (χ4v) is 3.21. The highest BCUT2D eigenvalue weighted by atomic mass is 15.0. The van der Waals surface area contributed by atoms with E-state index in [0.29, 0.717) is 11.3 Å². The molecule has 0 spiro atoms. The molecule has 0 saturated heterocycles. The van der Waals surface area contributed by atoms with Crippen LogP contribution in [0.3, 0.4) is 0 Å². The zero-order chi connectivity index (χ0) is 15.0. The molecule has 1 heteroatoms. The Bertz CT molecular complexity index is 429. The molecule has 0 aromatic heterocycles. The summed E-state index contributed by atoms with van der Waals surface area (Å²) in [6.07, 6.45) is 1.35. The van der Waals surface area contributed by atoms with E-state index in [1.165, 1.54) is 12.0 Å². The third kappa shape index (κ3) is 3.44. The first kappa shape index (κ1) is 15.6. The van der Waals surface area contributed by atoms with E-state index >= 15 is 0 Å². The van der Waals surface area contributed by atoms with E-state index < -0.39 is 0 Å². The van der Waals surface area contributed by atoms with Gasteiger partial charge in [0.1, 0.15) is 0 Å². The van der Waals surface area contributed by atoms with Gasteiger partial charge < -0.3 is 5.32 Å². The molecule has 20 heavy (non-hydrogen) atoms. The standard InChI is InChI=1S/C19H31N/c1-14(2)19(6,13-20-18(3,4)5)17-12-16(17)15-10-8-7-9-11-15/h7-11,14,16-17,20H,12-13H2,1-6H3. The molecule has 0 radical (unpaired) electrons. The van der Waals surface area contributed by atoms with Crippen molar-refractivity contribution in [2.45, 2.75) is 59.4 Å². The van der Waals surface area contributed by atoms with Crippen molar-refractivity contribution < 1.29 is 0 Å². The molecule has 1 N–H and O–H groups in total. The average Bonchev–Trinajstić information content (AvgIpc) is 3.16. The predicted molar refractivity (Wildman–Crippen MR) is 88.0 cm³/mol. The van der Waals surface area contributed by atoms with Gasteiger partial charge in [-0.3, -0.25) is 0 Å². The number of hydrogen-bond donors (Lipinski definition) is 1. The van der Waals surface area contributed by atoms with Crippen molar-refractivity contribution in [2.75, 3.05) is 6.54 Å². The predicted octanol–water partition coefficient (Wildman–Crippen LogP) is 4.84. The smallest absolute Gasteiger partial charge is 0.00967 e. The van der Waals surface area contributed by atoms with Gasteiger partial charge in [0.05, 0.1) is 0 Å². The van der Waals surface area contributed by atoms with Crippen molar-refractivity contribution in [2.24, 2.45) is 17.3 Å². The summed E-state index contributed by atoms with van der Waals surface area (Å²) in [7, 11) is 0. The molecule has 0 aliphatic heterocycles. The molecule has 1 aliphatic carbocycles. The van der Waals surface area contributed by atoms with Crippen LogP contribution in [-0.4, -0.2) is 12.1 Å². The van der Waals surface area contributed by atoms with E-state index in [4.69, 9.17) is 0 Å².